The lowest BCUT2D eigenvalue weighted by atomic mass is 10.1. The number of hydrogen-bond acceptors (Lipinski definition) is 6. The quantitative estimate of drug-likeness (QED) is 0.0320. The molecular weight excluding hydrogens is 793 g/mol. The zero-order valence-corrected chi connectivity index (χ0v) is 32.4. The third-order valence-corrected chi connectivity index (χ3v) is 10.6. The van der Waals surface area contributed by atoms with Gasteiger partial charge in [-0.15, -0.1) is 11.6 Å². The molecule has 0 aliphatic rings. The summed E-state index contributed by atoms with van der Waals surface area (Å²) in [6.07, 6.45) is -5.63. The third-order valence-electron chi connectivity index (χ3n) is 6.14. The van der Waals surface area contributed by atoms with Crippen LogP contribution in [0.15, 0.2) is 0 Å². The Kier molecular flexibility index (Phi) is 23.8. The topological polar surface area (TPSA) is 111 Å². The molecule has 282 valence electrons. The molecule has 0 rings (SSSR count). The molecule has 0 saturated heterocycles. The van der Waals surface area contributed by atoms with E-state index in [9.17, 15) is 45.5 Å². The highest BCUT2D eigenvalue weighted by Crippen LogP contribution is 2.18. The monoisotopic (exact) mass is 847 g/mol. The van der Waals surface area contributed by atoms with Crippen molar-refractivity contribution in [2.75, 3.05) is 23.5 Å². The van der Waals surface area contributed by atoms with E-state index in [2.05, 4.69) is 61.9 Å². The highest BCUT2D eigenvalue weighted by Gasteiger charge is 2.42. The van der Waals surface area contributed by atoms with Gasteiger partial charge < -0.3 is 27.2 Å². The normalized spacial score (nSPS) is 13.5. The van der Waals surface area contributed by atoms with Gasteiger partial charge in [-0.2, -0.15) is 26.3 Å². The first kappa shape index (κ1) is 47.0. The molecule has 0 bridgehead atoms. The highest BCUT2D eigenvalue weighted by atomic mass is 127. The van der Waals surface area contributed by atoms with Crippen molar-refractivity contribution in [3.8, 4) is 0 Å². The Balaban J connectivity index is -0.000000138. The molecular formula is C28H55ClF6IN2O6Si2-5. The van der Waals surface area contributed by atoms with E-state index in [1.807, 2.05) is 0 Å². The first-order valence-electron chi connectivity index (χ1n) is 15.1. The summed E-state index contributed by atoms with van der Waals surface area (Å²) in [6.45, 7) is 12.9. The van der Waals surface area contributed by atoms with Crippen molar-refractivity contribution in [1.29, 1.82) is 0 Å². The van der Waals surface area contributed by atoms with Crippen LogP contribution in [0.4, 0.5) is 26.3 Å². The van der Waals surface area contributed by atoms with Crippen LogP contribution < -0.4 is 10.6 Å². The minimum absolute atomic E-state index is 0. The lowest BCUT2D eigenvalue weighted by Gasteiger charge is -2.20. The van der Waals surface area contributed by atoms with Crippen molar-refractivity contribution < 1.29 is 62.1 Å². The lowest BCUT2D eigenvalue weighted by Crippen LogP contribution is -2.47. The molecule has 18 heteroatoms. The van der Waals surface area contributed by atoms with E-state index in [0.717, 1.165) is 23.3 Å². The van der Waals surface area contributed by atoms with Gasteiger partial charge in [-0.1, -0.05) is 87.6 Å². The Morgan fingerprint density at radius 3 is 1.30 bits per heavy atom. The van der Waals surface area contributed by atoms with Crippen LogP contribution in [0, 0.1) is 0 Å². The number of hydrogen-bond donors (Lipinski definition) is 2. The number of alkyl halides is 8. The van der Waals surface area contributed by atoms with E-state index in [1.165, 1.54) is 0 Å². The Morgan fingerprint density at radius 2 is 1.02 bits per heavy atom. The van der Waals surface area contributed by atoms with E-state index >= 15 is 0 Å². The molecule has 0 fully saturated rings. The molecule has 0 heterocycles. The van der Waals surface area contributed by atoms with E-state index in [4.69, 9.17) is 21.1 Å². The van der Waals surface area contributed by atoms with E-state index in [-0.39, 0.29) is 33.2 Å². The number of unbranched alkanes of at least 4 members (excludes halogenated alkanes) is 4. The van der Waals surface area contributed by atoms with Crippen LogP contribution in [0.3, 0.4) is 0 Å². The molecule has 0 radical (unpaired) electrons. The van der Waals surface area contributed by atoms with E-state index in [1.54, 1.807) is 10.6 Å². The molecule has 0 spiro atoms. The summed E-state index contributed by atoms with van der Waals surface area (Å²) in [6, 6.07) is -1.07. The van der Waals surface area contributed by atoms with Gasteiger partial charge in [0.05, 0.1) is 13.2 Å². The summed E-state index contributed by atoms with van der Waals surface area (Å²) < 4.78 is 85.2. The molecule has 2 amide bonds. The van der Waals surface area contributed by atoms with Gasteiger partial charge in [0, 0.05) is 22.0 Å². The Labute approximate surface area is 296 Å². The minimum Gasteiger partial charge on any atom is -1.00 e. The second-order valence-electron chi connectivity index (χ2n) is 13.1. The second-order valence-corrected chi connectivity index (χ2v) is 25.8. The maximum absolute atomic E-state index is 12.4. The summed E-state index contributed by atoms with van der Waals surface area (Å²) in [5, 5.41) is 3.47. The van der Waals surface area contributed by atoms with E-state index in [0.29, 0.717) is 37.6 Å². The summed E-state index contributed by atoms with van der Waals surface area (Å²) in [5.74, 6) is -5.37. The SMILES string of the molecule is C[Si](C)(C)CCOC(=O)[C@H](CCCCCCl)NC(=O)C(F)(F)F.C[Si](C)(C)CCOC(=O)[C@H](CCCCCI)NC(=O)C(F)(F)F.[H-].[H-].[H-].[H-].[H-]. The number of halogens is 8. The number of carbonyl (C=O) groups is 4. The molecule has 0 aliphatic heterocycles. The van der Waals surface area contributed by atoms with Gasteiger partial charge >= 0.3 is 36.1 Å². The van der Waals surface area contributed by atoms with Gasteiger partial charge in [0.25, 0.3) is 0 Å². The van der Waals surface area contributed by atoms with Crippen LogP contribution in [0.5, 0.6) is 0 Å². The molecule has 0 unspecified atom stereocenters. The van der Waals surface area contributed by atoms with E-state index < -0.39 is 64.3 Å². The smallest absolute Gasteiger partial charge is 0.471 e. The molecule has 8 nitrogen and oxygen atoms in total. The molecule has 0 aromatic heterocycles. The standard InChI is InChI=1S/C14H25ClF3NO3Si.C14H25F3INO3Si.5H/c1-23(2,3)10-9-22-12(20)11(7-5-4-6-8-15)19-13(21)14(16,17)18;1-23(2,3)10-9-22-12(20)11(7-5-4-6-8-18)19-13(21)14(15,16)17;;;;;/h2*11H,4-10H2,1-3H3,(H,19,21);;;;;/q;;5*-1/t2*11-;;;;;/m00...../s1. The maximum atomic E-state index is 12.4. The Morgan fingerprint density at radius 1 is 0.674 bits per heavy atom. The molecule has 0 aliphatic carbocycles. The number of nitrogens with one attached hydrogen (secondary N) is 2. The molecule has 2 N–H and O–H groups in total. The molecule has 0 aromatic rings. The maximum Gasteiger partial charge on any atom is 0.471 e. The van der Waals surface area contributed by atoms with Gasteiger partial charge in [-0.3, -0.25) is 9.59 Å². The van der Waals surface area contributed by atoms with Crippen molar-refractivity contribution in [2.24, 2.45) is 0 Å². The number of esters is 2. The number of carbonyl (C=O) groups excluding carboxylic acids is 4. The fraction of sp³-hybridized carbons (Fsp3) is 0.857. The van der Waals surface area contributed by atoms with Gasteiger partial charge in [-0.25, -0.2) is 9.59 Å². The van der Waals surface area contributed by atoms with Crippen LogP contribution in [0.25, 0.3) is 0 Å². The lowest BCUT2D eigenvalue weighted by molar-refractivity contribution is -0.176. The first-order chi connectivity index (χ1) is 20.9. The zero-order chi connectivity index (χ0) is 36.2. The highest BCUT2D eigenvalue weighted by molar-refractivity contribution is 14.1. The predicted octanol–water partition coefficient (Wildman–Crippen LogP) is 8.19. The Bertz CT molecular complexity index is 870. The van der Waals surface area contributed by atoms with Crippen molar-refractivity contribution in [2.45, 2.75) is 127 Å². The summed E-state index contributed by atoms with van der Waals surface area (Å²) in [5.41, 5.74) is 0. The van der Waals surface area contributed by atoms with Crippen LogP contribution in [-0.4, -0.2) is 87.9 Å². The van der Waals surface area contributed by atoms with Gasteiger partial charge in [0.15, 0.2) is 0 Å². The van der Waals surface area contributed by atoms with Crippen molar-refractivity contribution in [3.63, 3.8) is 0 Å². The average Bonchev–Trinajstić information content (AvgIpc) is 2.89. The summed E-state index contributed by atoms with van der Waals surface area (Å²) >= 11 is 7.74. The second kappa shape index (κ2) is 23.3. The summed E-state index contributed by atoms with van der Waals surface area (Å²) in [7, 11) is -2.82. The third kappa shape index (κ3) is 26.9. The van der Waals surface area contributed by atoms with Gasteiger partial charge in [0.1, 0.15) is 12.1 Å². The van der Waals surface area contributed by atoms with Crippen LogP contribution in [0.2, 0.25) is 51.4 Å². The van der Waals surface area contributed by atoms with Crippen LogP contribution in [-0.2, 0) is 28.7 Å². The van der Waals surface area contributed by atoms with Gasteiger partial charge in [0.2, 0.25) is 0 Å². The number of rotatable bonds is 20. The largest absolute Gasteiger partial charge is 1.00 e. The average molecular weight is 848 g/mol. The fourth-order valence-electron chi connectivity index (χ4n) is 3.33. The molecule has 46 heavy (non-hydrogen) atoms. The van der Waals surface area contributed by atoms with Crippen LogP contribution in [0.1, 0.15) is 58.5 Å². The molecule has 0 saturated carbocycles. The predicted molar refractivity (Wildman–Crippen MR) is 186 cm³/mol. The Hall–Kier alpha value is -1.09. The fourth-order valence-corrected chi connectivity index (χ4v) is 5.49. The van der Waals surface area contributed by atoms with Gasteiger partial charge in [-0.05, 0) is 42.2 Å². The molecule has 0 aromatic carbocycles. The number of ether oxygens (including phenoxy) is 2. The zero-order valence-electron chi connectivity index (χ0n) is 32.5. The van der Waals surface area contributed by atoms with Crippen LogP contribution >= 0.6 is 34.2 Å². The number of amides is 2. The van der Waals surface area contributed by atoms with Crippen molar-refractivity contribution in [3.05, 3.63) is 0 Å². The van der Waals surface area contributed by atoms with Crippen molar-refractivity contribution in [1.82, 2.24) is 10.6 Å². The van der Waals surface area contributed by atoms with Crippen molar-refractivity contribution >= 4 is 74.1 Å². The first-order valence-corrected chi connectivity index (χ1v) is 24.6. The molecule has 2 atom stereocenters. The minimum atomic E-state index is -5.02. The summed E-state index contributed by atoms with van der Waals surface area (Å²) in [4.78, 5) is 46.0.